The second-order valence-electron chi connectivity index (χ2n) is 5.93. The van der Waals surface area contributed by atoms with Crippen molar-refractivity contribution in [3.63, 3.8) is 0 Å². The zero-order valence-corrected chi connectivity index (χ0v) is 13.5. The van der Waals surface area contributed by atoms with Crippen LogP contribution < -0.4 is 15.0 Å². The third kappa shape index (κ3) is 4.84. The molecule has 2 rings (SSSR count). The van der Waals surface area contributed by atoms with Crippen LogP contribution in [0, 0.1) is 0 Å². The molecule has 2 heterocycles. The minimum Gasteiger partial charge on any atom is -0.474 e. The van der Waals surface area contributed by atoms with E-state index in [1.165, 1.54) is 25.7 Å². The van der Waals surface area contributed by atoms with Crippen molar-refractivity contribution in [2.75, 3.05) is 24.5 Å². The highest BCUT2D eigenvalue weighted by molar-refractivity contribution is 5.39. The van der Waals surface area contributed by atoms with Crippen LogP contribution in [-0.2, 0) is 0 Å². The Hall–Kier alpha value is -1.36. The summed E-state index contributed by atoms with van der Waals surface area (Å²) < 4.78 is 5.66. The number of hydrogen-bond donors (Lipinski definition) is 1. The summed E-state index contributed by atoms with van der Waals surface area (Å²) in [6.07, 6.45) is 8.57. The van der Waals surface area contributed by atoms with E-state index in [1.54, 1.807) is 6.20 Å². The van der Waals surface area contributed by atoms with Crippen molar-refractivity contribution in [2.45, 2.75) is 58.6 Å². The molecule has 0 aromatic carbocycles. The molecule has 0 radical (unpaired) electrons. The molecule has 5 nitrogen and oxygen atoms in total. The quantitative estimate of drug-likeness (QED) is 0.783. The summed E-state index contributed by atoms with van der Waals surface area (Å²) in [5, 5.41) is 3.53. The monoisotopic (exact) mass is 292 g/mol. The van der Waals surface area contributed by atoms with E-state index in [0.717, 1.165) is 25.5 Å². The number of nitrogens with one attached hydrogen (secondary N) is 1. The van der Waals surface area contributed by atoms with Gasteiger partial charge in [-0.15, -0.1) is 0 Å². The van der Waals surface area contributed by atoms with E-state index in [0.29, 0.717) is 11.9 Å². The van der Waals surface area contributed by atoms with Gasteiger partial charge in [-0.2, -0.15) is 4.98 Å². The van der Waals surface area contributed by atoms with Crippen molar-refractivity contribution in [3.8, 4) is 5.88 Å². The van der Waals surface area contributed by atoms with Gasteiger partial charge in [0.05, 0.1) is 18.5 Å². The van der Waals surface area contributed by atoms with Gasteiger partial charge < -0.3 is 15.0 Å². The molecule has 1 aromatic rings. The van der Waals surface area contributed by atoms with Crippen LogP contribution in [-0.4, -0.2) is 41.7 Å². The third-order valence-corrected chi connectivity index (χ3v) is 3.68. The molecule has 0 bridgehead atoms. The maximum absolute atomic E-state index is 5.66. The van der Waals surface area contributed by atoms with Gasteiger partial charge in [0.2, 0.25) is 5.88 Å². The predicted octanol–water partition coefficient (Wildman–Crippen LogP) is 2.62. The first-order chi connectivity index (χ1) is 10.2. The fourth-order valence-corrected chi connectivity index (χ4v) is 2.73. The summed E-state index contributed by atoms with van der Waals surface area (Å²) in [7, 11) is 0. The molecular formula is C16H28N4O. The molecule has 1 aromatic heterocycles. The van der Waals surface area contributed by atoms with E-state index in [9.17, 15) is 0 Å². The highest BCUT2D eigenvalue weighted by Gasteiger charge is 2.23. The molecule has 1 N–H and O–H groups in total. The van der Waals surface area contributed by atoms with Gasteiger partial charge in [0, 0.05) is 19.1 Å². The average Bonchev–Trinajstić information content (AvgIpc) is 2.48. The highest BCUT2D eigenvalue weighted by Crippen LogP contribution is 2.24. The Morgan fingerprint density at radius 3 is 3.00 bits per heavy atom. The van der Waals surface area contributed by atoms with E-state index in [2.05, 4.69) is 27.1 Å². The van der Waals surface area contributed by atoms with Crippen molar-refractivity contribution in [1.29, 1.82) is 0 Å². The van der Waals surface area contributed by atoms with Gasteiger partial charge in [-0.3, -0.25) is 4.98 Å². The molecule has 1 aliphatic rings. The zero-order valence-electron chi connectivity index (χ0n) is 13.5. The van der Waals surface area contributed by atoms with Crippen LogP contribution in [0.4, 0.5) is 5.82 Å². The van der Waals surface area contributed by atoms with Crippen molar-refractivity contribution < 1.29 is 4.74 Å². The second-order valence-corrected chi connectivity index (χ2v) is 5.93. The fourth-order valence-electron chi connectivity index (χ4n) is 2.73. The Bertz CT molecular complexity index is 424. The van der Waals surface area contributed by atoms with Gasteiger partial charge in [0.25, 0.3) is 0 Å². The van der Waals surface area contributed by atoms with Crippen LogP contribution in [0.15, 0.2) is 12.4 Å². The van der Waals surface area contributed by atoms with Gasteiger partial charge in [0.15, 0.2) is 5.82 Å². The lowest BCUT2D eigenvalue weighted by Gasteiger charge is -2.36. The van der Waals surface area contributed by atoms with Crippen LogP contribution in [0.3, 0.4) is 0 Å². The standard InChI is InChI=1S/C16H28N4O/c1-4-8-17-10-14-7-5-6-9-20(14)15-11-18-12-16(19-15)21-13(2)3/h11-14,17H,4-10H2,1-3H3. The maximum atomic E-state index is 5.66. The van der Waals surface area contributed by atoms with E-state index in [1.807, 2.05) is 20.0 Å². The van der Waals surface area contributed by atoms with Crippen LogP contribution in [0.1, 0.15) is 46.5 Å². The number of aromatic nitrogens is 2. The summed E-state index contributed by atoms with van der Waals surface area (Å²) >= 11 is 0. The number of rotatable bonds is 7. The SMILES string of the molecule is CCCNCC1CCCCN1c1cncc(OC(C)C)n1. The third-order valence-electron chi connectivity index (χ3n) is 3.68. The van der Waals surface area contributed by atoms with Crippen molar-refractivity contribution in [1.82, 2.24) is 15.3 Å². The van der Waals surface area contributed by atoms with Crippen LogP contribution >= 0.6 is 0 Å². The lowest BCUT2D eigenvalue weighted by atomic mass is 10.0. The Morgan fingerprint density at radius 2 is 2.24 bits per heavy atom. The summed E-state index contributed by atoms with van der Waals surface area (Å²) in [6, 6.07) is 0.508. The van der Waals surface area contributed by atoms with Crippen LogP contribution in [0.5, 0.6) is 5.88 Å². The number of anilines is 1. The Labute approximate surface area is 128 Å². The maximum Gasteiger partial charge on any atom is 0.234 e. The smallest absolute Gasteiger partial charge is 0.234 e. The number of hydrogen-bond acceptors (Lipinski definition) is 5. The Kier molecular flexibility index (Phi) is 6.23. The van der Waals surface area contributed by atoms with Crippen LogP contribution in [0.2, 0.25) is 0 Å². The zero-order chi connectivity index (χ0) is 15.1. The van der Waals surface area contributed by atoms with Crippen molar-refractivity contribution in [3.05, 3.63) is 12.4 Å². The normalized spacial score (nSPS) is 19.0. The Balaban J connectivity index is 2.05. The van der Waals surface area contributed by atoms with E-state index < -0.39 is 0 Å². The van der Waals surface area contributed by atoms with E-state index in [-0.39, 0.29) is 6.10 Å². The molecule has 0 saturated carbocycles. The molecule has 1 unspecified atom stereocenters. The van der Waals surface area contributed by atoms with E-state index in [4.69, 9.17) is 4.74 Å². The molecular weight excluding hydrogens is 264 g/mol. The lowest BCUT2D eigenvalue weighted by molar-refractivity contribution is 0.231. The largest absolute Gasteiger partial charge is 0.474 e. The van der Waals surface area contributed by atoms with Gasteiger partial charge in [0.1, 0.15) is 0 Å². The van der Waals surface area contributed by atoms with Gasteiger partial charge in [-0.25, -0.2) is 0 Å². The number of piperidine rings is 1. The van der Waals surface area contributed by atoms with Gasteiger partial charge in [-0.05, 0) is 46.1 Å². The first kappa shape index (κ1) is 16.0. The van der Waals surface area contributed by atoms with Crippen molar-refractivity contribution in [2.24, 2.45) is 0 Å². The first-order valence-corrected chi connectivity index (χ1v) is 8.16. The molecule has 5 heteroatoms. The minimum atomic E-state index is 0.123. The van der Waals surface area contributed by atoms with Crippen molar-refractivity contribution >= 4 is 5.82 Å². The molecule has 118 valence electrons. The topological polar surface area (TPSA) is 50.3 Å². The second kappa shape index (κ2) is 8.17. The molecule has 0 spiro atoms. The van der Waals surface area contributed by atoms with Gasteiger partial charge in [-0.1, -0.05) is 6.92 Å². The van der Waals surface area contributed by atoms with E-state index >= 15 is 0 Å². The Morgan fingerprint density at radius 1 is 1.38 bits per heavy atom. The lowest BCUT2D eigenvalue weighted by Crippen LogP contribution is -2.46. The predicted molar refractivity (Wildman–Crippen MR) is 85.9 cm³/mol. The number of nitrogens with zero attached hydrogens (tertiary/aromatic N) is 3. The average molecular weight is 292 g/mol. The minimum absolute atomic E-state index is 0.123. The van der Waals surface area contributed by atoms with Crippen LogP contribution in [0.25, 0.3) is 0 Å². The molecule has 21 heavy (non-hydrogen) atoms. The molecule has 0 aliphatic carbocycles. The highest BCUT2D eigenvalue weighted by atomic mass is 16.5. The summed E-state index contributed by atoms with van der Waals surface area (Å²) in [4.78, 5) is 11.3. The molecule has 1 fully saturated rings. The first-order valence-electron chi connectivity index (χ1n) is 8.16. The molecule has 1 saturated heterocycles. The summed E-state index contributed by atoms with van der Waals surface area (Å²) in [5.41, 5.74) is 0. The fraction of sp³-hybridized carbons (Fsp3) is 0.750. The summed E-state index contributed by atoms with van der Waals surface area (Å²) in [6.45, 7) is 9.36. The van der Waals surface area contributed by atoms with Gasteiger partial charge >= 0.3 is 0 Å². The molecule has 0 amide bonds. The number of ether oxygens (including phenoxy) is 1. The molecule has 1 atom stereocenters. The molecule has 1 aliphatic heterocycles. The summed E-state index contributed by atoms with van der Waals surface area (Å²) in [5.74, 6) is 1.56.